The smallest absolute Gasteiger partial charge is 0.230 e. The van der Waals surface area contributed by atoms with Gasteiger partial charge in [-0.3, -0.25) is 9.88 Å². The Morgan fingerprint density at radius 3 is 2.73 bits per heavy atom. The van der Waals surface area contributed by atoms with E-state index in [-0.39, 0.29) is 18.0 Å². The molecule has 1 saturated heterocycles. The van der Waals surface area contributed by atoms with Crippen molar-refractivity contribution in [2.24, 2.45) is 0 Å². The molecule has 5 rings (SSSR count). The number of aryl methyl sites for hydroxylation is 1. The van der Waals surface area contributed by atoms with Crippen LogP contribution in [-0.2, 0) is 0 Å². The third-order valence-corrected chi connectivity index (χ3v) is 7.29. The summed E-state index contributed by atoms with van der Waals surface area (Å²) in [5.74, 6) is 2.09. The summed E-state index contributed by atoms with van der Waals surface area (Å²) >= 11 is 1.47. The number of fused-ring (bicyclic) bond motifs is 1. The number of methoxy groups -OCH3 is 2. The number of likely N-dealkylation sites (tertiary alicyclic amines) is 1. The molecule has 0 aliphatic carbocycles. The highest BCUT2D eigenvalue weighted by molar-refractivity contribution is 7.17. The van der Waals surface area contributed by atoms with E-state index in [9.17, 15) is 5.11 Å². The highest BCUT2D eigenvalue weighted by Crippen LogP contribution is 2.46. The largest absolute Gasteiger partial charge is 0.493 e. The number of hydrogen-bond acceptors (Lipinski definition) is 8. The van der Waals surface area contributed by atoms with Gasteiger partial charge in [0.05, 0.1) is 25.1 Å². The lowest BCUT2D eigenvalue weighted by atomic mass is 9.91. The Kier molecular flexibility index (Phi) is 5.90. The Hall–Kier alpha value is -3.17. The van der Waals surface area contributed by atoms with E-state index in [1.807, 2.05) is 37.4 Å². The molecule has 33 heavy (non-hydrogen) atoms. The zero-order valence-electron chi connectivity index (χ0n) is 18.9. The third-order valence-electron chi connectivity index (χ3n) is 6.22. The van der Waals surface area contributed by atoms with E-state index >= 15 is 0 Å². The lowest BCUT2D eigenvalue weighted by Crippen LogP contribution is -2.37. The number of nitrogens with zero attached hydrogens (tertiary/aromatic N) is 5. The van der Waals surface area contributed by atoms with Crippen LogP contribution < -0.4 is 9.47 Å². The number of hydrogen-bond donors (Lipinski definition) is 1. The Morgan fingerprint density at radius 2 is 2.00 bits per heavy atom. The molecule has 1 N–H and O–H groups in total. The highest BCUT2D eigenvalue weighted by atomic mass is 32.1. The molecule has 2 atom stereocenters. The van der Waals surface area contributed by atoms with Gasteiger partial charge in [0.15, 0.2) is 11.5 Å². The molecule has 8 nitrogen and oxygen atoms in total. The second kappa shape index (κ2) is 8.99. The molecule has 1 aliphatic rings. The molecule has 1 aromatic carbocycles. The van der Waals surface area contributed by atoms with Crippen molar-refractivity contribution in [3.05, 3.63) is 64.6 Å². The highest BCUT2D eigenvalue weighted by Gasteiger charge is 2.36. The van der Waals surface area contributed by atoms with E-state index in [1.165, 1.54) is 21.4 Å². The van der Waals surface area contributed by atoms with Crippen LogP contribution in [0.15, 0.2) is 42.7 Å². The monoisotopic (exact) mass is 465 g/mol. The van der Waals surface area contributed by atoms with Gasteiger partial charge in [0.1, 0.15) is 5.82 Å². The molecule has 9 heteroatoms. The van der Waals surface area contributed by atoms with Gasteiger partial charge in [-0.05, 0) is 55.6 Å². The number of aromatic hydroxyl groups is 1. The summed E-state index contributed by atoms with van der Waals surface area (Å²) in [4.78, 5) is 12.8. The molecule has 0 spiro atoms. The molecule has 0 bridgehead atoms. The standard InChI is InChI=1S/C24H27N5O3S/c1-15-26-24-29(27-15)23(30)22(33-24)21(16-9-10-19(31-2)20(13-16)32-3)28-12-5-4-8-18(28)17-7-6-11-25-14-17/h6-7,9-11,13-14,18,21,30H,4-5,8,12H2,1-3H3. The molecule has 2 unspecified atom stereocenters. The van der Waals surface area contributed by atoms with Crippen LogP contribution in [0.3, 0.4) is 0 Å². The minimum Gasteiger partial charge on any atom is -0.493 e. The van der Waals surface area contributed by atoms with E-state index in [2.05, 4.69) is 26.0 Å². The quantitative estimate of drug-likeness (QED) is 0.448. The predicted molar refractivity (Wildman–Crippen MR) is 126 cm³/mol. The van der Waals surface area contributed by atoms with E-state index in [0.717, 1.165) is 36.2 Å². The van der Waals surface area contributed by atoms with Gasteiger partial charge in [0.2, 0.25) is 10.8 Å². The van der Waals surface area contributed by atoms with Crippen molar-refractivity contribution < 1.29 is 14.6 Å². The molecular formula is C24H27N5O3S. The number of rotatable bonds is 6. The first kappa shape index (κ1) is 21.7. The van der Waals surface area contributed by atoms with Crippen molar-refractivity contribution in [1.82, 2.24) is 24.5 Å². The lowest BCUT2D eigenvalue weighted by molar-refractivity contribution is 0.113. The lowest BCUT2D eigenvalue weighted by Gasteiger charge is -2.41. The van der Waals surface area contributed by atoms with Crippen molar-refractivity contribution >= 4 is 16.3 Å². The van der Waals surface area contributed by atoms with Gasteiger partial charge in [-0.2, -0.15) is 4.52 Å². The summed E-state index contributed by atoms with van der Waals surface area (Å²) in [7, 11) is 3.27. The fraction of sp³-hybridized carbons (Fsp3) is 0.375. The molecule has 1 fully saturated rings. The normalized spacial score (nSPS) is 17.8. The second-order valence-corrected chi connectivity index (χ2v) is 9.21. The van der Waals surface area contributed by atoms with Gasteiger partial charge in [-0.25, -0.2) is 4.98 Å². The SMILES string of the molecule is COc1ccc(C(c2sc3nc(C)nn3c2O)N2CCCCC2c2cccnc2)cc1OC. The molecule has 3 aromatic heterocycles. The van der Waals surface area contributed by atoms with Crippen molar-refractivity contribution in [3.8, 4) is 17.4 Å². The molecule has 4 aromatic rings. The van der Waals surface area contributed by atoms with Crippen molar-refractivity contribution in [3.63, 3.8) is 0 Å². The van der Waals surface area contributed by atoms with Crippen LogP contribution in [0.4, 0.5) is 0 Å². The second-order valence-electron chi connectivity index (χ2n) is 8.20. The van der Waals surface area contributed by atoms with Gasteiger partial charge in [-0.1, -0.05) is 29.9 Å². The van der Waals surface area contributed by atoms with Crippen LogP contribution in [0.1, 0.15) is 53.2 Å². The number of ether oxygens (including phenoxy) is 2. The van der Waals surface area contributed by atoms with Gasteiger partial charge < -0.3 is 14.6 Å². The summed E-state index contributed by atoms with van der Waals surface area (Å²) < 4.78 is 12.6. The van der Waals surface area contributed by atoms with Gasteiger partial charge >= 0.3 is 0 Å². The third kappa shape index (κ3) is 3.91. The van der Waals surface area contributed by atoms with Crippen LogP contribution in [0.2, 0.25) is 0 Å². The predicted octanol–water partition coefficient (Wildman–Crippen LogP) is 4.53. The van der Waals surface area contributed by atoms with Crippen LogP contribution in [0, 0.1) is 6.92 Å². The van der Waals surface area contributed by atoms with Crippen LogP contribution in [0.5, 0.6) is 17.4 Å². The number of pyridine rings is 1. The molecule has 172 valence electrons. The first-order valence-corrected chi connectivity index (χ1v) is 11.8. The minimum absolute atomic E-state index is 0.130. The Labute approximate surface area is 196 Å². The van der Waals surface area contributed by atoms with E-state index < -0.39 is 0 Å². The van der Waals surface area contributed by atoms with E-state index in [1.54, 1.807) is 20.4 Å². The molecule has 0 amide bonds. The van der Waals surface area contributed by atoms with Gasteiger partial charge in [-0.15, -0.1) is 5.10 Å². The summed E-state index contributed by atoms with van der Waals surface area (Å²) in [6.07, 6.45) is 7.00. The van der Waals surface area contributed by atoms with Crippen LogP contribution in [0.25, 0.3) is 4.96 Å². The minimum atomic E-state index is -0.205. The first-order chi connectivity index (χ1) is 16.1. The summed E-state index contributed by atoms with van der Waals surface area (Å²) in [5, 5.41) is 15.6. The van der Waals surface area contributed by atoms with Crippen LogP contribution in [-0.4, -0.2) is 50.4 Å². The number of piperidine rings is 1. The molecule has 0 saturated carbocycles. The maximum atomic E-state index is 11.2. The number of thiazole rings is 1. The first-order valence-electron chi connectivity index (χ1n) is 11.0. The van der Waals surface area contributed by atoms with Crippen molar-refractivity contribution in [2.75, 3.05) is 20.8 Å². The summed E-state index contributed by atoms with van der Waals surface area (Å²) in [6, 6.07) is 10.0. The van der Waals surface area contributed by atoms with Gasteiger partial charge in [0.25, 0.3) is 0 Å². The summed E-state index contributed by atoms with van der Waals surface area (Å²) in [6.45, 7) is 2.72. The zero-order valence-corrected chi connectivity index (χ0v) is 19.7. The average molecular weight is 466 g/mol. The topological polar surface area (TPSA) is 85.0 Å². The Morgan fingerprint density at radius 1 is 1.15 bits per heavy atom. The fourth-order valence-corrected chi connectivity index (χ4v) is 5.89. The fourth-order valence-electron chi connectivity index (χ4n) is 4.74. The summed E-state index contributed by atoms with van der Waals surface area (Å²) in [5.41, 5.74) is 2.19. The van der Waals surface area contributed by atoms with Crippen molar-refractivity contribution in [2.45, 2.75) is 38.3 Å². The van der Waals surface area contributed by atoms with Crippen molar-refractivity contribution in [1.29, 1.82) is 0 Å². The maximum absolute atomic E-state index is 11.2. The Bertz CT molecular complexity index is 1260. The number of benzene rings is 1. The zero-order chi connectivity index (χ0) is 22.9. The Balaban J connectivity index is 1.68. The van der Waals surface area contributed by atoms with E-state index in [4.69, 9.17) is 9.47 Å². The van der Waals surface area contributed by atoms with Crippen LogP contribution >= 0.6 is 11.3 Å². The molecule has 4 heterocycles. The molecule has 1 aliphatic heterocycles. The average Bonchev–Trinajstić information content (AvgIpc) is 3.36. The van der Waals surface area contributed by atoms with Gasteiger partial charge in [0, 0.05) is 18.4 Å². The molecular weight excluding hydrogens is 438 g/mol. The number of aromatic nitrogens is 4. The molecule has 0 radical (unpaired) electrons. The maximum Gasteiger partial charge on any atom is 0.230 e. The van der Waals surface area contributed by atoms with E-state index in [0.29, 0.717) is 22.3 Å².